The molecule has 5 heteroatoms. The van der Waals surface area contributed by atoms with Crippen LogP contribution >= 0.6 is 0 Å². The van der Waals surface area contributed by atoms with E-state index in [4.69, 9.17) is 0 Å². The molecule has 0 aliphatic carbocycles. The molecule has 1 atom stereocenters. The maximum absolute atomic E-state index is 13.5. The number of benzene rings is 2. The Morgan fingerprint density at radius 1 is 1.13 bits per heavy atom. The zero-order chi connectivity index (χ0) is 16.8. The van der Waals surface area contributed by atoms with E-state index in [0.29, 0.717) is 11.3 Å². The summed E-state index contributed by atoms with van der Waals surface area (Å²) >= 11 is 0. The number of anilines is 1. The molecule has 0 spiro atoms. The molecular weight excluding hydrogens is 295 g/mol. The minimum absolute atomic E-state index is 0.0685. The van der Waals surface area contributed by atoms with Gasteiger partial charge in [0.2, 0.25) is 11.8 Å². The highest BCUT2D eigenvalue weighted by molar-refractivity contribution is 5.91. The second-order valence-electron chi connectivity index (χ2n) is 5.38. The number of hydrogen-bond donors (Lipinski definition) is 2. The van der Waals surface area contributed by atoms with Crippen molar-refractivity contribution in [3.8, 4) is 0 Å². The van der Waals surface area contributed by atoms with Crippen LogP contribution in [0.4, 0.5) is 10.1 Å². The molecule has 0 aromatic heterocycles. The summed E-state index contributed by atoms with van der Waals surface area (Å²) in [7, 11) is 0. The highest BCUT2D eigenvalue weighted by atomic mass is 19.1. The summed E-state index contributed by atoms with van der Waals surface area (Å²) in [5.74, 6) is -0.881. The highest BCUT2D eigenvalue weighted by Gasteiger charge is 2.17. The molecule has 23 heavy (non-hydrogen) atoms. The Labute approximate surface area is 134 Å². The largest absolute Gasteiger partial charge is 0.349 e. The molecule has 0 aliphatic heterocycles. The van der Waals surface area contributed by atoms with Gasteiger partial charge < -0.3 is 10.6 Å². The third-order valence-corrected chi connectivity index (χ3v) is 3.42. The van der Waals surface area contributed by atoms with Crippen molar-refractivity contribution in [3.05, 3.63) is 65.5 Å². The van der Waals surface area contributed by atoms with E-state index in [0.717, 1.165) is 5.56 Å². The van der Waals surface area contributed by atoms with E-state index >= 15 is 0 Å². The van der Waals surface area contributed by atoms with Gasteiger partial charge in [0.1, 0.15) is 5.82 Å². The zero-order valence-corrected chi connectivity index (χ0v) is 13.1. The van der Waals surface area contributed by atoms with Crippen LogP contribution in [0.3, 0.4) is 0 Å². The van der Waals surface area contributed by atoms with Crippen molar-refractivity contribution < 1.29 is 14.0 Å². The van der Waals surface area contributed by atoms with Gasteiger partial charge in [-0.1, -0.05) is 36.4 Å². The number of nitrogens with one attached hydrogen (secondary N) is 2. The van der Waals surface area contributed by atoms with E-state index in [9.17, 15) is 14.0 Å². The quantitative estimate of drug-likeness (QED) is 0.889. The number of carbonyl (C=O) groups excluding carboxylic acids is 2. The van der Waals surface area contributed by atoms with Crippen LogP contribution in [0, 0.1) is 12.7 Å². The van der Waals surface area contributed by atoms with E-state index < -0.39 is 6.04 Å². The third kappa shape index (κ3) is 4.92. The normalized spacial score (nSPS) is 11.6. The Bertz CT molecular complexity index is 701. The molecule has 2 rings (SSSR count). The Kier molecular flexibility index (Phi) is 5.46. The zero-order valence-electron chi connectivity index (χ0n) is 13.1. The van der Waals surface area contributed by atoms with Gasteiger partial charge in [-0.25, -0.2) is 4.39 Å². The fourth-order valence-corrected chi connectivity index (χ4v) is 2.25. The van der Waals surface area contributed by atoms with Crippen LogP contribution in [0.15, 0.2) is 48.5 Å². The van der Waals surface area contributed by atoms with Crippen molar-refractivity contribution in [1.29, 1.82) is 0 Å². The molecule has 120 valence electrons. The van der Waals surface area contributed by atoms with E-state index in [1.807, 2.05) is 30.3 Å². The van der Waals surface area contributed by atoms with Gasteiger partial charge in [-0.3, -0.25) is 9.59 Å². The molecule has 0 saturated heterocycles. The second-order valence-corrected chi connectivity index (χ2v) is 5.38. The minimum atomic E-state index is -0.427. The molecule has 0 heterocycles. The number of amides is 2. The standard InChI is InChI=1S/C18H19FN2O2/c1-12-8-9-15(10-16(12)19)21-18(23)11-17(20-13(2)22)14-6-4-3-5-7-14/h3-10,17H,11H2,1-2H3,(H,20,22)(H,21,23)/t17-/m1/s1. The second kappa shape index (κ2) is 7.54. The van der Waals surface area contributed by atoms with Crippen molar-refractivity contribution >= 4 is 17.5 Å². The third-order valence-electron chi connectivity index (χ3n) is 3.42. The predicted molar refractivity (Wildman–Crippen MR) is 87.4 cm³/mol. The first-order valence-electron chi connectivity index (χ1n) is 7.34. The van der Waals surface area contributed by atoms with Gasteiger partial charge in [0, 0.05) is 12.6 Å². The van der Waals surface area contributed by atoms with Crippen LogP contribution in [-0.2, 0) is 9.59 Å². The molecule has 0 bridgehead atoms. The van der Waals surface area contributed by atoms with E-state index in [-0.39, 0.29) is 24.1 Å². The van der Waals surface area contributed by atoms with Gasteiger partial charge in [0.15, 0.2) is 0 Å². The number of carbonyl (C=O) groups is 2. The van der Waals surface area contributed by atoms with Crippen molar-refractivity contribution in [2.24, 2.45) is 0 Å². The Morgan fingerprint density at radius 3 is 2.43 bits per heavy atom. The molecule has 2 aromatic carbocycles. The van der Waals surface area contributed by atoms with Gasteiger partial charge in [-0.15, -0.1) is 0 Å². The van der Waals surface area contributed by atoms with Gasteiger partial charge in [-0.2, -0.15) is 0 Å². The number of rotatable bonds is 5. The Balaban J connectivity index is 2.08. The molecule has 2 amide bonds. The maximum atomic E-state index is 13.5. The highest BCUT2D eigenvalue weighted by Crippen LogP contribution is 2.19. The monoisotopic (exact) mass is 314 g/mol. The first-order chi connectivity index (χ1) is 11.0. The Hall–Kier alpha value is -2.69. The lowest BCUT2D eigenvalue weighted by Crippen LogP contribution is -2.29. The van der Waals surface area contributed by atoms with Gasteiger partial charge >= 0.3 is 0 Å². The topological polar surface area (TPSA) is 58.2 Å². The lowest BCUT2D eigenvalue weighted by molar-refractivity contribution is -0.120. The van der Waals surface area contributed by atoms with Crippen LogP contribution in [-0.4, -0.2) is 11.8 Å². The molecule has 2 N–H and O–H groups in total. The molecular formula is C18H19FN2O2. The molecule has 0 fully saturated rings. The summed E-state index contributed by atoms with van der Waals surface area (Å²) in [6.45, 7) is 3.06. The van der Waals surface area contributed by atoms with Gasteiger partial charge in [0.25, 0.3) is 0 Å². The van der Waals surface area contributed by atoms with E-state index in [2.05, 4.69) is 10.6 Å². The predicted octanol–water partition coefficient (Wildman–Crippen LogP) is 3.34. The summed E-state index contributed by atoms with van der Waals surface area (Å²) in [4.78, 5) is 23.5. The number of aryl methyl sites for hydroxylation is 1. The van der Waals surface area contributed by atoms with Gasteiger partial charge in [-0.05, 0) is 30.2 Å². The SMILES string of the molecule is CC(=O)N[C@H](CC(=O)Nc1ccc(C)c(F)c1)c1ccccc1. The average molecular weight is 314 g/mol. The Morgan fingerprint density at radius 2 is 1.83 bits per heavy atom. The van der Waals surface area contributed by atoms with Crippen LogP contribution < -0.4 is 10.6 Å². The lowest BCUT2D eigenvalue weighted by Gasteiger charge is -2.18. The maximum Gasteiger partial charge on any atom is 0.226 e. The van der Waals surface area contributed by atoms with Crippen LogP contribution in [0.2, 0.25) is 0 Å². The van der Waals surface area contributed by atoms with Crippen LogP contribution in [0.5, 0.6) is 0 Å². The fourth-order valence-electron chi connectivity index (χ4n) is 2.25. The molecule has 0 unspecified atom stereocenters. The van der Waals surface area contributed by atoms with Crippen molar-refractivity contribution in [2.75, 3.05) is 5.32 Å². The molecule has 2 aromatic rings. The van der Waals surface area contributed by atoms with Gasteiger partial charge in [0.05, 0.1) is 12.5 Å². The summed E-state index contributed by atoms with van der Waals surface area (Å²) in [6.07, 6.45) is 0.0685. The lowest BCUT2D eigenvalue weighted by atomic mass is 10.0. The van der Waals surface area contributed by atoms with Crippen molar-refractivity contribution in [2.45, 2.75) is 26.3 Å². The average Bonchev–Trinajstić information content (AvgIpc) is 2.51. The van der Waals surface area contributed by atoms with E-state index in [1.54, 1.807) is 19.1 Å². The van der Waals surface area contributed by atoms with Crippen LogP contribution in [0.1, 0.15) is 30.5 Å². The number of hydrogen-bond acceptors (Lipinski definition) is 2. The summed E-state index contributed by atoms with van der Waals surface area (Å²) < 4.78 is 13.5. The fraction of sp³-hybridized carbons (Fsp3) is 0.222. The molecule has 0 aliphatic rings. The summed E-state index contributed by atoms with van der Waals surface area (Å²) in [6, 6.07) is 13.4. The van der Waals surface area contributed by atoms with Crippen molar-refractivity contribution in [1.82, 2.24) is 5.32 Å². The summed E-state index contributed by atoms with van der Waals surface area (Å²) in [5.41, 5.74) is 1.75. The summed E-state index contributed by atoms with van der Waals surface area (Å²) in [5, 5.41) is 5.41. The van der Waals surface area contributed by atoms with Crippen LogP contribution in [0.25, 0.3) is 0 Å². The minimum Gasteiger partial charge on any atom is -0.349 e. The van der Waals surface area contributed by atoms with Crippen molar-refractivity contribution in [3.63, 3.8) is 0 Å². The molecule has 0 saturated carbocycles. The first kappa shape index (κ1) is 16.7. The van der Waals surface area contributed by atoms with E-state index in [1.165, 1.54) is 13.0 Å². The number of halogens is 1. The first-order valence-corrected chi connectivity index (χ1v) is 7.34. The molecule has 4 nitrogen and oxygen atoms in total. The molecule has 0 radical (unpaired) electrons. The smallest absolute Gasteiger partial charge is 0.226 e.